The molecule has 1 aromatic carbocycles. The van der Waals surface area contributed by atoms with E-state index in [2.05, 4.69) is 39.4 Å². The molecule has 16 heavy (non-hydrogen) atoms. The van der Waals surface area contributed by atoms with Gasteiger partial charge < -0.3 is 11.1 Å². The van der Waals surface area contributed by atoms with Crippen molar-refractivity contribution in [3.05, 3.63) is 28.2 Å². The van der Waals surface area contributed by atoms with Crippen LogP contribution < -0.4 is 11.1 Å². The molecule has 3 rings (SSSR count). The molecule has 86 valence electrons. The summed E-state index contributed by atoms with van der Waals surface area (Å²) in [5, 5.41) is 3.66. The van der Waals surface area contributed by atoms with Crippen molar-refractivity contribution >= 4 is 21.6 Å². The van der Waals surface area contributed by atoms with Crippen LogP contribution in [-0.4, -0.2) is 6.04 Å². The van der Waals surface area contributed by atoms with Gasteiger partial charge in [0, 0.05) is 22.2 Å². The average Bonchev–Trinajstić information content (AvgIpc) is 2.31. The Morgan fingerprint density at radius 2 is 2.06 bits per heavy atom. The lowest BCUT2D eigenvalue weighted by molar-refractivity contribution is 0.271. The summed E-state index contributed by atoms with van der Waals surface area (Å²) in [5.74, 6) is 0.621. The second-order valence-corrected chi connectivity index (χ2v) is 5.87. The molecule has 3 heteroatoms. The Hall–Kier alpha value is -0.540. The molecule has 1 aliphatic heterocycles. The van der Waals surface area contributed by atoms with Gasteiger partial charge in [-0.2, -0.15) is 0 Å². The highest BCUT2D eigenvalue weighted by atomic mass is 79.9. The van der Waals surface area contributed by atoms with E-state index in [0.29, 0.717) is 12.0 Å². The number of fused-ring (bicyclic) bond motifs is 2. The lowest BCUT2D eigenvalue weighted by Crippen LogP contribution is -2.43. The fraction of sp³-hybridized carbons (Fsp3) is 0.538. The van der Waals surface area contributed by atoms with Crippen molar-refractivity contribution in [1.29, 1.82) is 0 Å². The third-order valence-electron chi connectivity index (χ3n) is 3.99. The van der Waals surface area contributed by atoms with E-state index in [4.69, 9.17) is 5.73 Å². The van der Waals surface area contributed by atoms with E-state index < -0.39 is 0 Å². The summed E-state index contributed by atoms with van der Waals surface area (Å²) in [6.45, 7) is 0. The van der Waals surface area contributed by atoms with Gasteiger partial charge in [0.05, 0.1) is 0 Å². The molecule has 3 N–H and O–H groups in total. The molecule has 2 nitrogen and oxygen atoms in total. The van der Waals surface area contributed by atoms with Crippen LogP contribution in [0.15, 0.2) is 22.7 Å². The minimum Gasteiger partial charge on any atom is -0.382 e. The SMILES string of the molecule is NC1c2cc(Br)ccc2NC2CCCCC21. The largest absolute Gasteiger partial charge is 0.382 e. The highest BCUT2D eigenvalue weighted by Gasteiger charge is 2.35. The Morgan fingerprint density at radius 1 is 1.25 bits per heavy atom. The van der Waals surface area contributed by atoms with Crippen LogP contribution in [-0.2, 0) is 0 Å². The zero-order valence-corrected chi connectivity index (χ0v) is 10.8. The van der Waals surface area contributed by atoms with E-state index in [1.807, 2.05) is 0 Å². The lowest BCUT2D eigenvalue weighted by atomic mass is 9.75. The minimum atomic E-state index is 0.207. The van der Waals surface area contributed by atoms with Crippen LogP contribution >= 0.6 is 15.9 Å². The normalized spacial score (nSPS) is 32.5. The number of anilines is 1. The monoisotopic (exact) mass is 280 g/mol. The maximum Gasteiger partial charge on any atom is 0.0391 e. The van der Waals surface area contributed by atoms with Crippen LogP contribution in [0.1, 0.15) is 37.3 Å². The molecule has 2 aliphatic rings. The Kier molecular flexibility index (Phi) is 2.68. The lowest BCUT2D eigenvalue weighted by Gasteiger charge is -2.42. The molecule has 1 heterocycles. The second kappa shape index (κ2) is 4.04. The summed E-state index contributed by atoms with van der Waals surface area (Å²) in [7, 11) is 0. The van der Waals surface area contributed by atoms with Gasteiger partial charge in [-0.1, -0.05) is 28.8 Å². The maximum absolute atomic E-state index is 6.41. The second-order valence-electron chi connectivity index (χ2n) is 4.96. The number of rotatable bonds is 0. The molecule has 1 aliphatic carbocycles. The van der Waals surface area contributed by atoms with E-state index >= 15 is 0 Å². The van der Waals surface area contributed by atoms with Crippen LogP contribution in [0.5, 0.6) is 0 Å². The summed E-state index contributed by atoms with van der Waals surface area (Å²) in [4.78, 5) is 0. The highest BCUT2D eigenvalue weighted by Crippen LogP contribution is 2.42. The summed E-state index contributed by atoms with van der Waals surface area (Å²) in [5.41, 5.74) is 8.92. The van der Waals surface area contributed by atoms with Gasteiger partial charge in [-0.15, -0.1) is 0 Å². The van der Waals surface area contributed by atoms with Crippen LogP contribution in [0.2, 0.25) is 0 Å². The van der Waals surface area contributed by atoms with Crippen LogP contribution in [0.3, 0.4) is 0 Å². The minimum absolute atomic E-state index is 0.207. The summed E-state index contributed by atoms with van der Waals surface area (Å²) in [6, 6.07) is 7.19. The van der Waals surface area contributed by atoms with E-state index in [1.54, 1.807) is 0 Å². The molecule has 1 fully saturated rings. The van der Waals surface area contributed by atoms with Gasteiger partial charge in [-0.3, -0.25) is 0 Å². The van der Waals surface area contributed by atoms with Crippen molar-refractivity contribution in [2.24, 2.45) is 11.7 Å². The Bertz CT molecular complexity index is 405. The zero-order chi connectivity index (χ0) is 11.1. The van der Waals surface area contributed by atoms with Gasteiger partial charge >= 0.3 is 0 Å². The molecule has 0 amide bonds. The molecule has 1 aromatic rings. The number of nitrogens with two attached hydrogens (primary N) is 1. The Labute approximate surface area is 105 Å². The summed E-state index contributed by atoms with van der Waals surface area (Å²) in [6.07, 6.45) is 5.21. The first-order chi connectivity index (χ1) is 7.75. The third kappa shape index (κ3) is 1.66. The number of hydrogen-bond acceptors (Lipinski definition) is 2. The number of benzene rings is 1. The first-order valence-electron chi connectivity index (χ1n) is 6.07. The fourth-order valence-corrected chi connectivity index (χ4v) is 3.52. The van der Waals surface area contributed by atoms with Gasteiger partial charge in [0.15, 0.2) is 0 Å². The topological polar surface area (TPSA) is 38.0 Å². The molecule has 1 saturated carbocycles. The van der Waals surface area contributed by atoms with Gasteiger partial charge in [0.1, 0.15) is 0 Å². The molecule has 0 bridgehead atoms. The molecular formula is C13H17BrN2. The molecule has 3 unspecified atom stereocenters. The van der Waals surface area contributed by atoms with Crippen molar-refractivity contribution in [1.82, 2.24) is 0 Å². The molecular weight excluding hydrogens is 264 g/mol. The van der Waals surface area contributed by atoms with Gasteiger partial charge in [0.2, 0.25) is 0 Å². The third-order valence-corrected chi connectivity index (χ3v) is 4.49. The first-order valence-corrected chi connectivity index (χ1v) is 6.86. The van der Waals surface area contributed by atoms with E-state index in [1.165, 1.54) is 36.9 Å². The first kappa shape index (κ1) is 10.6. The summed E-state index contributed by atoms with van der Waals surface area (Å²) < 4.78 is 1.12. The van der Waals surface area contributed by atoms with Crippen LogP contribution in [0.25, 0.3) is 0 Å². The van der Waals surface area contributed by atoms with E-state index in [9.17, 15) is 0 Å². The predicted octanol–water partition coefficient (Wildman–Crippen LogP) is 3.43. The highest BCUT2D eigenvalue weighted by molar-refractivity contribution is 9.10. The molecule has 0 spiro atoms. The van der Waals surface area contributed by atoms with Gasteiger partial charge in [-0.05, 0) is 42.5 Å². The fourth-order valence-electron chi connectivity index (χ4n) is 3.14. The maximum atomic E-state index is 6.41. The Morgan fingerprint density at radius 3 is 2.94 bits per heavy atom. The van der Waals surface area contributed by atoms with Crippen molar-refractivity contribution in [3.8, 4) is 0 Å². The number of halogens is 1. The molecule has 0 saturated heterocycles. The number of nitrogens with one attached hydrogen (secondary N) is 1. The molecule has 0 radical (unpaired) electrons. The van der Waals surface area contributed by atoms with Crippen molar-refractivity contribution in [2.75, 3.05) is 5.32 Å². The Balaban J connectivity index is 2.00. The van der Waals surface area contributed by atoms with Crippen molar-refractivity contribution in [3.63, 3.8) is 0 Å². The van der Waals surface area contributed by atoms with Crippen molar-refractivity contribution < 1.29 is 0 Å². The standard InChI is InChI=1S/C13H17BrN2/c14-8-5-6-12-10(7-8)13(15)9-3-1-2-4-11(9)16-12/h5-7,9,11,13,16H,1-4,15H2. The predicted molar refractivity (Wildman–Crippen MR) is 70.4 cm³/mol. The average molecular weight is 281 g/mol. The molecule has 0 aromatic heterocycles. The zero-order valence-electron chi connectivity index (χ0n) is 9.25. The smallest absolute Gasteiger partial charge is 0.0391 e. The quantitative estimate of drug-likeness (QED) is 0.764. The van der Waals surface area contributed by atoms with Crippen LogP contribution in [0, 0.1) is 5.92 Å². The van der Waals surface area contributed by atoms with Crippen molar-refractivity contribution in [2.45, 2.75) is 37.8 Å². The molecule has 3 atom stereocenters. The van der Waals surface area contributed by atoms with Gasteiger partial charge in [0.25, 0.3) is 0 Å². The van der Waals surface area contributed by atoms with Gasteiger partial charge in [-0.25, -0.2) is 0 Å². The van der Waals surface area contributed by atoms with E-state index in [-0.39, 0.29) is 6.04 Å². The van der Waals surface area contributed by atoms with E-state index in [0.717, 1.165) is 4.47 Å². The number of hydrogen-bond donors (Lipinski definition) is 2. The van der Waals surface area contributed by atoms with Crippen LogP contribution in [0.4, 0.5) is 5.69 Å². The summed E-state index contributed by atoms with van der Waals surface area (Å²) >= 11 is 3.52.